The first-order valence-electron chi connectivity index (χ1n) is 8.74. The molecule has 0 radical (unpaired) electrons. The van der Waals surface area contributed by atoms with Crippen molar-refractivity contribution in [3.8, 4) is 0 Å². The van der Waals surface area contributed by atoms with Gasteiger partial charge < -0.3 is 14.9 Å². The first kappa shape index (κ1) is 19.6. The van der Waals surface area contributed by atoms with Crippen LogP contribution >= 0.6 is 0 Å². The molecule has 1 aliphatic heterocycles. The summed E-state index contributed by atoms with van der Waals surface area (Å²) < 4.78 is 31.6. The van der Waals surface area contributed by atoms with Gasteiger partial charge in [0.1, 0.15) is 5.76 Å². The molecule has 1 saturated carbocycles. The van der Waals surface area contributed by atoms with Gasteiger partial charge in [-0.05, 0) is 44.6 Å². The van der Waals surface area contributed by atoms with Gasteiger partial charge in [-0.3, -0.25) is 9.59 Å². The first-order chi connectivity index (χ1) is 11.7. The molecular formula is C17H26F2N2O4. The van der Waals surface area contributed by atoms with Crippen LogP contribution in [0.4, 0.5) is 8.78 Å². The maximum atomic E-state index is 13.2. The van der Waals surface area contributed by atoms with E-state index in [-0.39, 0.29) is 24.3 Å². The Morgan fingerprint density at radius 1 is 1.36 bits per heavy atom. The van der Waals surface area contributed by atoms with E-state index >= 15 is 0 Å². The van der Waals surface area contributed by atoms with Gasteiger partial charge in [0.05, 0.1) is 0 Å². The standard InChI is InChI=1S/C15H22F2N2O2.C2H4O2/c16-15(17)4-1-10(2-5-15)7-12-8-11(3-6-18-12)13-9-14(20)19-21-13;1-2(3)4/h9-12,18H,1-8H2,(H,19,20);1H3,(H,3,4)/t11-,12+;/m1./s1. The molecule has 0 amide bonds. The van der Waals surface area contributed by atoms with Crippen molar-refractivity contribution in [2.75, 3.05) is 6.54 Å². The Morgan fingerprint density at radius 2 is 2.00 bits per heavy atom. The fourth-order valence-electron chi connectivity index (χ4n) is 3.68. The van der Waals surface area contributed by atoms with Gasteiger partial charge in [-0.25, -0.2) is 8.78 Å². The zero-order chi connectivity index (χ0) is 18.4. The van der Waals surface area contributed by atoms with Crippen LogP contribution in [0.2, 0.25) is 0 Å². The Balaban J connectivity index is 0.000000511. The Hall–Kier alpha value is -1.70. The molecule has 2 fully saturated rings. The molecule has 2 atom stereocenters. The zero-order valence-corrected chi connectivity index (χ0v) is 14.4. The van der Waals surface area contributed by atoms with E-state index in [9.17, 15) is 13.6 Å². The Kier molecular flexibility index (Phi) is 6.75. The van der Waals surface area contributed by atoms with Gasteiger partial charge in [-0.2, -0.15) is 5.16 Å². The van der Waals surface area contributed by atoms with Gasteiger partial charge in [0.2, 0.25) is 5.92 Å². The predicted molar refractivity (Wildman–Crippen MR) is 87.9 cm³/mol. The van der Waals surface area contributed by atoms with Crippen LogP contribution < -0.4 is 10.9 Å². The van der Waals surface area contributed by atoms with E-state index < -0.39 is 11.9 Å². The molecule has 6 nitrogen and oxygen atoms in total. The van der Waals surface area contributed by atoms with Gasteiger partial charge in [0.15, 0.2) is 0 Å². The number of halogens is 2. The van der Waals surface area contributed by atoms with E-state index in [1.807, 2.05) is 0 Å². The predicted octanol–water partition coefficient (Wildman–Crippen LogP) is 3.11. The van der Waals surface area contributed by atoms with Crippen molar-refractivity contribution in [3.05, 3.63) is 22.2 Å². The largest absolute Gasteiger partial charge is 0.481 e. The van der Waals surface area contributed by atoms with E-state index in [0.717, 1.165) is 38.5 Å². The van der Waals surface area contributed by atoms with Crippen molar-refractivity contribution in [1.29, 1.82) is 0 Å². The Morgan fingerprint density at radius 3 is 2.56 bits per heavy atom. The number of carboxylic acid groups (broad SMARTS) is 1. The lowest BCUT2D eigenvalue weighted by molar-refractivity contribution is -0.134. The second-order valence-electron chi connectivity index (χ2n) is 7.04. The van der Waals surface area contributed by atoms with Crippen LogP contribution in [0.3, 0.4) is 0 Å². The number of aliphatic carboxylic acids is 1. The number of aromatic amines is 1. The number of alkyl halides is 2. The minimum absolute atomic E-state index is 0.0283. The maximum absolute atomic E-state index is 13.2. The van der Waals surface area contributed by atoms with Crippen molar-refractivity contribution < 1.29 is 23.2 Å². The fourth-order valence-corrected chi connectivity index (χ4v) is 3.68. The van der Waals surface area contributed by atoms with Gasteiger partial charge >= 0.3 is 0 Å². The van der Waals surface area contributed by atoms with Crippen LogP contribution in [0.5, 0.6) is 0 Å². The molecule has 25 heavy (non-hydrogen) atoms. The molecule has 1 aliphatic carbocycles. The summed E-state index contributed by atoms with van der Waals surface area (Å²) >= 11 is 0. The SMILES string of the molecule is CC(=O)O.O=c1cc([C@@H]2CCN[C@@H](CC3CCC(F)(F)CC3)C2)o[nH]1. The number of H-pyrrole nitrogens is 1. The molecule has 3 N–H and O–H groups in total. The third-order valence-corrected chi connectivity index (χ3v) is 4.89. The molecule has 2 aliphatic rings. The summed E-state index contributed by atoms with van der Waals surface area (Å²) in [5.41, 5.74) is -0.199. The third kappa shape index (κ3) is 6.61. The molecule has 3 rings (SSSR count). The second-order valence-corrected chi connectivity index (χ2v) is 7.04. The quantitative estimate of drug-likeness (QED) is 0.770. The third-order valence-electron chi connectivity index (χ3n) is 4.89. The summed E-state index contributed by atoms with van der Waals surface area (Å²) in [5, 5.41) is 13.2. The Bertz CT molecular complexity index is 600. The van der Waals surface area contributed by atoms with Crippen LogP contribution in [0.1, 0.15) is 63.5 Å². The summed E-state index contributed by atoms with van der Waals surface area (Å²) in [5.74, 6) is -1.92. The number of hydrogen-bond donors (Lipinski definition) is 3. The molecule has 0 unspecified atom stereocenters. The molecule has 0 spiro atoms. The molecule has 1 saturated heterocycles. The smallest absolute Gasteiger partial charge is 0.300 e. The molecule has 0 bridgehead atoms. The molecule has 2 heterocycles. The summed E-state index contributed by atoms with van der Waals surface area (Å²) in [6.07, 6.45) is 4.10. The number of carboxylic acids is 1. The highest BCUT2D eigenvalue weighted by atomic mass is 19.3. The molecule has 0 aromatic carbocycles. The monoisotopic (exact) mass is 360 g/mol. The summed E-state index contributed by atoms with van der Waals surface area (Å²) in [6.45, 7) is 1.97. The molecule has 1 aromatic rings. The number of rotatable bonds is 3. The van der Waals surface area contributed by atoms with Crippen LogP contribution in [-0.4, -0.2) is 34.7 Å². The topological polar surface area (TPSA) is 95.3 Å². The van der Waals surface area contributed by atoms with Crippen molar-refractivity contribution in [1.82, 2.24) is 10.5 Å². The van der Waals surface area contributed by atoms with Crippen LogP contribution in [0.15, 0.2) is 15.4 Å². The van der Waals surface area contributed by atoms with Gasteiger partial charge in [-0.15, -0.1) is 0 Å². The van der Waals surface area contributed by atoms with Crippen molar-refractivity contribution >= 4 is 5.97 Å². The first-order valence-corrected chi connectivity index (χ1v) is 8.74. The lowest BCUT2D eigenvalue weighted by atomic mass is 9.79. The van der Waals surface area contributed by atoms with Gasteiger partial charge in [0, 0.05) is 37.8 Å². The lowest BCUT2D eigenvalue weighted by Gasteiger charge is -2.34. The Labute approximate surface area is 144 Å². The molecule has 142 valence electrons. The van der Waals surface area contributed by atoms with Crippen LogP contribution in [0, 0.1) is 5.92 Å². The highest BCUT2D eigenvalue weighted by molar-refractivity contribution is 5.62. The van der Waals surface area contributed by atoms with E-state index in [1.165, 1.54) is 6.07 Å². The summed E-state index contributed by atoms with van der Waals surface area (Å²) in [7, 11) is 0. The minimum Gasteiger partial charge on any atom is -0.481 e. The average Bonchev–Trinajstić information content (AvgIpc) is 2.96. The van der Waals surface area contributed by atoms with Gasteiger partial charge in [0.25, 0.3) is 11.5 Å². The molecular weight excluding hydrogens is 334 g/mol. The highest BCUT2D eigenvalue weighted by Crippen LogP contribution is 2.39. The highest BCUT2D eigenvalue weighted by Gasteiger charge is 2.36. The van der Waals surface area contributed by atoms with E-state index in [4.69, 9.17) is 14.4 Å². The number of aromatic nitrogens is 1. The van der Waals surface area contributed by atoms with Crippen molar-refractivity contribution in [3.63, 3.8) is 0 Å². The summed E-state index contributed by atoms with van der Waals surface area (Å²) in [4.78, 5) is 20.2. The minimum atomic E-state index is -2.45. The molecule has 8 heteroatoms. The fraction of sp³-hybridized carbons (Fsp3) is 0.765. The van der Waals surface area contributed by atoms with Crippen molar-refractivity contribution in [2.24, 2.45) is 5.92 Å². The van der Waals surface area contributed by atoms with Gasteiger partial charge in [-0.1, -0.05) is 0 Å². The average molecular weight is 360 g/mol. The van der Waals surface area contributed by atoms with E-state index in [0.29, 0.717) is 24.8 Å². The second kappa shape index (κ2) is 8.60. The van der Waals surface area contributed by atoms with E-state index in [1.54, 1.807) is 0 Å². The van der Waals surface area contributed by atoms with Crippen molar-refractivity contribution in [2.45, 2.75) is 69.8 Å². The normalized spacial score (nSPS) is 26.5. The van der Waals surface area contributed by atoms with Crippen LogP contribution in [0.25, 0.3) is 0 Å². The lowest BCUT2D eigenvalue weighted by Crippen LogP contribution is -2.39. The number of piperidine rings is 1. The number of hydrogen-bond acceptors (Lipinski definition) is 4. The zero-order valence-electron chi connectivity index (χ0n) is 14.4. The van der Waals surface area contributed by atoms with E-state index in [2.05, 4.69) is 10.5 Å². The number of carbonyl (C=O) groups is 1. The number of nitrogens with one attached hydrogen (secondary N) is 2. The summed E-state index contributed by atoms with van der Waals surface area (Å²) in [6, 6.07) is 1.86. The molecule has 1 aromatic heterocycles. The van der Waals surface area contributed by atoms with Crippen LogP contribution in [-0.2, 0) is 4.79 Å². The maximum Gasteiger partial charge on any atom is 0.300 e.